The molecular weight excluding hydrogens is 363 g/mol. The average Bonchev–Trinajstić information content (AvgIpc) is 2.69. The molecule has 1 aliphatic heterocycles. The second-order valence-corrected chi connectivity index (χ2v) is 7.44. The smallest absolute Gasteiger partial charge is 0.320 e. The Labute approximate surface area is 165 Å². The van der Waals surface area contributed by atoms with Crippen LogP contribution in [0.1, 0.15) is 32.1 Å². The number of urea groups is 1. The summed E-state index contributed by atoms with van der Waals surface area (Å²) in [6.45, 7) is 4.48. The number of nitrogens with zero attached hydrogens (tertiary/aromatic N) is 1. The van der Waals surface area contributed by atoms with Gasteiger partial charge in [0.05, 0.1) is 13.2 Å². The Bertz CT molecular complexity index is 673. The lowest BCUT2D eigenvalue weighted by Gasteiger charge is -2.37. The van der Waals surface area contributed by atoms with Crippen LogP contribution in [0.5, 0.6) is 0 Å². The quantitative estimate of drug-likeness (QED) is 0.692. The maximum absolute atomic E-state index is 13.3. The molecule has 1 heterocycles. The highest BCUT2D eigenvalue weighted by Gasteiger charge is 2.40. The summed E-state index contributed by atoms with van der Waals surface area (Å²) in [7, 11) is 0. The van der Waals surface area contributed by atoms with Crippen LogP contribution >= 0.6 is 0 Å². The van der Waals surface area contributed by atoms with Crippen molar-refractivity contribution in [3.05, 3.63) is 30.1 Å². The van der Waals surface area contributed by atoms with Crippen LogP contribution in [-0.2, 0) is 9.53 Å². The second kappa shape index (κ2) is 9.84. The van der Waals surface area contributed by atoms with Crippen molar-refractivity contribution in [3.8, 4) is 0 Å². The highest BCUT2D eigenvalue weighted by molar-refractivity contribution is 5.96. The summed E-state index contributed by atoms with van der Waals surface area (Å²) in [6, 6.07) is 5.21. The highest BCUT2D eigenvalue weighted by atomic mass is 19.1. The van der Waals surface area contributed by atoms with E-state index in [1.807, 2.05) is 0 Å². The molecule has 0 spiro atoms. The van der Waals surface area contributed by atoms with Crippen molar-refractivity contribution in [3.63, 3.8) is 0 Å². The van der Waals surface area contributed by atoms with Gasteiger partial charge in [-0.05, 0) is 31.0 Å². The number of carbonyl (C=O) groups is 2. The fraction of sp³-hybridized carbons (Fsp3) is 0.600. The van der Waals surface area contributed by atoms with Gasteiger partial charge in [-0.3, -0.25) is 9.69 Å². The largest absolute Gasteiger partial charge is 0.379 e. The van der Waals surface area contributed by atoms with Gasteiger partial charge in [-0.2, -0.15) is 0 Å². The number of carbonyl (C=O) groups excluding carboxylic acids is 2. The molecule has 1 aromatic rings. The SMILES string of the molecule is O=C(Nc1cccc(F)c1)NC1(C(=O)NCCN2CCOCC2)CCCCC1. The molecule has 3 N–H and O–H groups in total. The molecule has 0 bridgehead atoms. The molecule has 8 heteroatoms. The van der Waals surface area contributed by atoms with Crippen molar-refractivity contribution < 1.29 is 18.7 Å². The summed E-state index contributed by atoms with van der Waals surface area (Å²) in [6.07, 6.45) is 4.03. The van der Waals surface area contributed by atoms with E-state index in [0.717, 1.165) is 52.1 Å². The number of anilines is 1. The molecule has 1 aromatic carbocycles. The van der Waals surface area contributed by atoms with Gasteiger partial charge in [0.15, 0.2) is 0 Å². The van der Waals surface area contributed by atoms with Gasteiger partial charge in [-0.1, -0.05) is 25.3 Å². The third-order valence-corrected chi connectivity index (χ3v) is 5.39. The van der Waals surface area contributed by atoms with Gasteiger partial charge in [-0.15, -0.1) is 0 Å². The summed E-state index contributed by atoms with van der Waals surface area (Å²) in [5, 5.41) is 8.49. The molecule has 28 heavy (non-hydrogen) atoms. The van der Waals surface area contributed by atoms with Gasteiger partial charge in [-0.25, -0.2) is 9.18 Å². The van der Waals surface area contributed by atoms with Crippen molar-refractivity contribution in [2.24, 2.45) is 0 Å². The maximum Gasteiger partial charge on any atom is 0.320 e. The zero-order valence-corrected chi connectivity index (χ0v) is 16.1. The third-order valence-electron chi connectivity index (χ3n) is 5.39. The minimum Gasteiger partial charge on any atom is -0.379 e. The van der Waals surface area contributed by atoms with E-state index in [1.54, 1.807) is 6.07 Å². The van der Waals surface area contributed by atoms with E-state index in [0.29, 0.717) is 25.1 Å². The summed E-state index contributed by atoms with van der Waals surface area (Å²) in [4.78, 5) is 27.7. The predicted molar refractivity (Wildman–Crippen MR) is 105 cm³/mol. The monoisotopic (exact) mass is 392 g/mol. The number of hydrogen-bond donors (Lipinski definition) is 3. The van der Waals surface area contributed by atoms with Crippen molar-refractivity contribution in [2.45, 2.75) is 37.6 Å². The van der Waals surface area contributed by atoms with Crippen LogP contribution in [0.3, 0.4) is 0 Å². The molecule has 1 saturated carbocycles. The summed E-state index contributed by atoms with van der Waals surface area (Å²) in [5.74, 6) is -0.569. The number of rotatable bonds is 6. The highest BCUT2D eigenvalue weighted by Crippen LogP contribution is 2.28. The van der Waals surface area contributed by atoms with Gasteiger partial charge in [0, 0.05) is 31.9 Å². The van der Waals surface area contributed by atoms with Crippen LogP contribution in [0.2, 0.25) is 0 Å². The Hall–Kier alpha value is -2.19. The van der Waals surface area contributed by atoms with Crippen molar-refractivity contribution in [2.75, 3.05) is 44.7 Å². The minimum atomic E-state index is -0.916. The molecule has 0 unspecified atom stereocenters. The second-order valence-electron chi connectivity index (χ2n) is 7.44. The number of benzene rings is 1. The number of halogens is 1. The van der Waals surface area contributed by atoms with Crippen molar-refractivity contribution in [1.29, 1.82) is 0 Å². The molecule has 0 radical (unpaired) electrons. The Balaban J connectivity index is 1.55. The molecule has 3 amide bonds. The Kier molecular flexibility index (Phi) is 7.22. The molecule has 1 saturated heterocycles. The summed E-state index contributed by atoms with van der Waals surface area (Å²) in [5.41, 5.74) is -0.558. The average molecular weight is 392 g/mol. The maximum atomic E-state index is 13.3. The van der Waals surface area contributed by atoms with Crippen LogP contribution in [-0.4, -0.2) is 61.8 Å². The Morgan fingerprint density at radius 2 is 1.89 bits per heavy atom. The summed E-state index contributed by atoms with van der Waals surface area (Å²) < 4.78 is 18.7. The number of nitrogens with one attached hydrogen (secondary N) is 3. The van der Waals surface area contributed by atoms with Crippen molar-refractivity contribution in [1.82, 2.24) is 15.5 Å². The van der Waals surface area contributed by atoms with E-state index in [9.17, 15) is 14.0 Å². The Morgan fingerprint density at radius 3 is 2.61 bits per heavy atom. The van der Waals surface area contributed by atoms with Gasteiger partial charge in [0.25, 0.3) is 0 Å². The molecule has 0 atom stereocenters. The van der Waals surface area contributed by atoms with E-state index in [2.05, 4.69) is 20.9 Å². The molecule has 3 rings (SSSR count). The van der Waals surface area contributed by atoms with Crippen molar-refractivity contribution >= 4 is 17.6 Å². The zero-order chi connectivity index (χ0) is 19.8. The molecule has 154 valence electrons. The summed E-state index contributed by atoms with van der Waals surface area (Å²) >= 11 is 0. The molecule has 7 nitrogen and oxygen atoms in total. The molecule has 2 fully saturated rings. The standard InChI is InChI=1S/C20H29FN4O3/c21-16-5-4-6-17(15-16)23-19(27)24-20(7-2-1-3-8-20)18(26)22-9-10-25-11-13-28-14-12-25/h4-6,15H,1-3,7-14H2,(H,22,26)(H2,23,24,27). The number of morpholine rings is 1. The topological polar surface area (TPSA) is 82.7 Å². The van der Waals surface area contributed by atoms with E-state index in [4.69, 9.17) is 4.74 Å². The van der Waals surface area contributed by atoms with E-state index in [1.165, 1.54) is 18.2 Å². The van der Waals surface area contributed by atoms with Gasteiger partial charge in [0.1, 0.15) is 11.4 Å². The lowest BCUT2D eigenvalue weighted by Crippen LogP contribution is -2.61. The molecule has 2 aliphatic rings. The molecular formula is C20H29FN4O3. The molecule has 1 aliphatic carbocycles. The van der Waals surface area contributed by atoms with Crippen LogP contribution in [0.25, 0.3) is 0 Å². The first-order valence-electron chi connectivity index (χ1n) is 10.0. The number of amides is 3. The van der Waals surface area contributed by atoms with Gasteiger partial charge >= 0.3 is 6.03 Å². The zero-order valence-electron chi connectivity index (χ0n) is 16.1. The van der Waals surface area contributed by atoms with Crippen LogP contribution in [0.4, 0.5) is 14.9 Å². The molecule has 0 aromatic heterocycles. The lowest BCUT2D eigenvalue weighted by atomic mass is 9.81. The van der Waals surface area contributed by atoms with E-state index < -0.39 is 17.4 Å². The first-order valence-corrected chi connectivity index (χ1v) is 10.0. The predicted octanol–water partition coefficient (Wildman–Crippen LogP) is 2.10. The van der Waals surface area contributed by atoms with Gasteiger partial charge < -0.3 is 20.7 Å². The fourth-order valence-electron chi connectivity index (χ4n) is 3.83. The Morgan fingerprint density at radius 1 is 1.14 bits per heavy atom. The first-order chi connectivity index (χ1) is 13.6. The lowest BCUT2D eigenvalue weighted by molar-refractivity contribution is -0.128. The van der Waals surface area contributed by atoms with Crippen LogP contribution in [0.15, 0.2) is 24.3 Å². The van der Waals surface area contributed by atoms with E-state index in [-0.39, 0.29) is 5.91 Å². The first kappa shape index (κ1) is 20.5. The number of hydrogen-bond acceptors (Lipinski definition) is 4. The fourth-order valence-corrected chi connectivity index (χ4v) is 3.83. The third kappa shape index (κ3) is 5.65. The normalized spacial score (nSPS) is 19.6. The van der Waals surface area contributed by atoms with Crippen LogP contribution in [0, 0.1) is 5.82 Å². The minimum absolute atomic E-state index is 0.144. The van der Waals surface area contributed by atoms with Crippen LogP contribution < -0.4 is 16.0 Å². The number of ether oxygens (including phenoxy) is 1. The van der Waals surface area contributed by atoms with Gasteiger partial charge in [0.2, 0.25) is 5.91 Å². The van der Waals surface area contributed by atoms with E-state index >= 15 is 0 Å².